The molecular weight excluding hydrogens is 216 g/mol. The number of hydrogen-bond donors (Lipinski definition) is 2. The molecule has 1 unspecified atom stereocenters. The van der Waals surface area contributed by atoms with Crippen LogP contribution < -0.4 is 0 Å². The van der Waals surface area contributed by atoms with E-state index in [0.29, 0.717) is 18.4 Å². The van der Waals surface area contributed by atoms with E-state index in [1.54, 1.807) is 6.92 Å². The molecule has 3 heteroatoms. The lowest BCUT2D eigenvalue weighted by Crippen LogP contribution is -2.37. The molecule has 0 aromatic rings. The predicted molar refractivity (Wildman–Crippen MR) is 67.7 cm³/mol. The minimum Gasteiger partial charge on any atom is -0.478 e. The topological polar surface area (TPSA) is 57.5 Å². The summed E-state index contributed by atoms with van der Waals surface area (Å²) < 4.78 is 0. The molecule has 0 saturated heterocycles. The van der Waals surface area contributed by atoms with Crippen molar-refractivity contribution in [1.82, 2.24) is 0 Å². The Bertz CT molecular complexity index is 377. The number of carboxylic acid groups (broad SMARTS) is 1. The molecule has 2 N–H and O–H groups in total. The van der Waals surface area contributed by atoms with Gasteiger partial charge < -0.3 is 10.2 Å². The second-order valence-electron chi connectivity index (χ2n) is 6.12. The molecule has 1 atom stereocenters. The number of aliphatic carboxylic acids is 1. The molecule has 0 aliphatic heterocycles. The molecule has 0 fully saturated rings. The van der Waals surface area contributed by atoms with Crippen molar-refractivity contribution in [2.75, 3.05) is 0 Å². The van der Waals surface area contributed by atoms with E-state index < -0.39 is 11.6 Å². The van der Waals surface area contributed by atoms with E-state index in [1.807, 2.05) is 13.0 Å². The first-order valence-electron chi connectivity index (χ1n) is 5.93. The van der Waals surface area contributed by atoms with Crippen molar-refractivity contribution >= 4 is 5.97 Å². The first-order chi connectivity index (χ1) is 7.62. The van der Waals surface area contributed by atoms with Crippen molar-refractivity contribution in [1.29, 1.82) is 0 Å². The van der Waals surface area contributed by atoms with Gasteiger partial charge in [-0.3, -0.25) is 0 Å². The van der Waals surface area contributed by atoms with Crippen LogP contribution in [0.15, 0.2) is 23.3 Å². The van der Waals surface area contributed by atoms with Gasteiger partial charge in [-0.25, -0.2) is 4.79 Å². The van der Waals surface area contributed by atoms with Crippen LogP contribution in [0.1, 0.15) is 47.0 Å². The summed E-state index contributed by atoms with van der Waals surface area (Å²) >= 11 is 0. The summed E-state index contributed by atoms with van der Waals surface area (Å²) in [5.74, 6) is -0.957. The van der Waals surface area contributed by atoms with E-state index in [0.717, 1.165) is 6.42 Å². The van der Waals surface area contributed by atoms with Crippen molar-refractivity contribution in [3.63, 3.8) is 0 Å². The average Bonchev–Trinajstić information content (AvgIpc) is 1.93. The molecule has 0 amide bonds. The highest BCUT2D eigenvalue weighted by atomic mass is 16.4. The third-order valence-electron chi connectivity index (χ3n) is 3.01. The van der Waals surface area contributed by atoms with Gasteiger partial charge in [-0.15, -0.1) is 0 Å². The van der Waals surface area contributed by atoms with Crippen LogP contribution in [0.4, 0.5) is 0 Å². The summed E-state index contributed by atoms with van der Waals surface area (Å²) in [5.41, 5.74) is 1.03. The van der Waals surface area contributed by atoms with E-state index in [-0.39, 0.29) is 5.41 Å². The Morgan fingerprint density at radius 3 is 2.59 bits per heavy atom. The van der Waals surface area contributed by atoms with Crippen LogP contribution >= 0.6 is 0 Å². The average molecular weight is 238 g/mol. The van der Waals surface area contributed by atoms with Gasteiger partial charge in [0.15, 0.2) is 0 Å². The maximum atomic E-state index is 10.6. The number of allylic oxidation sites excluding steroid dienone is 1. The van der Waals surface area contributed by atoms with Crippen molar-refractivity contribution in [3.05, 3.63) is 23.3 Å². The van der Waals surface area contributed by atoms with E-state index in [4.69, 9.17) is 5.11 Å². The van der Waals surface area contributed by atoms with Gasteiger partial charge in [0.25, 0.3) is 0 Å². The molecule has 0 aromatic carbocycles. The smallest absolute Gasteiger partial charge is 0.328 e. The van der Waals surface area contributed by atoms with Gasteiger partial charge in [0, 0.05) is 12.5 Å². The van der Waals surface area contributed by atoms with Crippen LogP contribution in [0.2, 0.25) is 0 Å². The van der Waals surface area contributed by atoms with Gasteiger partial charge in [0.1, 0.15) is 0 Å². The fraction of sp³-hybridized carbons (Fsp3) is 0.643. The molecule has 0 spiro atoms. The Hall–Kier alpha value is -1.09. The lowest BCUT2D eigenvalue weighted by molar-refractivity contribution is -0.131. The SMILES string of the molecule is CC1=CC(O)(C/C(C)=C/C(=O)O)CC(C)(C)C1. The third-order valence-corrected chi connectivity index (χ3v) is 3.01. The Balaban J connectivity index is 2.88. The van der Waals surface area contributed by atoms with Crippen LogP contribution in [0.25, 0.3) is 0 Å². The van der Waals surface area contributed by atoms with Gasteiger partial charge in [0.2, 0.25) is 0 Å². The minimum absolute atomic E-state index is 0.0666. The molecular formula is C14H22O3. The van der Waals surface area contributed by atoms with Gasteiger partial charge in [0.05, 0.1) is 5.60 Å². The predicted octanol–water partition coefficient (Wildman–Crippen LogP) is 2.90. The van der Waals surface area contributed by atoms with Crippen LogP contribution in [0.5, 0.6) is 0 Å². The largest absolute Gasteiger partial charge is 0.478 e. The summed E-state index contributed by atoms with van der Waals surface area (Å²) in [4.78, 5) is 10.6. The van der Waals surface area contributed by atoms with Crippen molar-refractivity contribution in [2.45, 2.75) is 52.6 Å². The quantitative estimate of drug-likeness (QED) is 0.587. The van der Waals surface area contributed by atoms with E-state index in [9.17, 15) is 9.90 Å². The molecule has 0 heterocycles. The van der Waals surface area contributed by atoms with Gasteiger partial charge in [-0.1, -0.05) is 31.1 Å². The summed E-state index contributed by atoms with van der Waals surface area (Å²) in [6.45, 7) is 8.02. The van der Waals surface area contributed by atoms with Gasteiger partial charge in [-0.05, 0) is 32.1 Å². The monoisotopic (exact) mass is 238 g/mol. The molecule has 1 aliphatic carbocycles. The Kier molecular flexibility index (Phi) is 3.82. The van der Waals surface area contributed by atoms with Crippen LogP contribution in [0, 0.1) is 5.41 Å². The maximum absolute atomic E-state index is 10.6. The molecule has 0 aromatic heterocycles. The highest BCUT2D eigenvalue weighted by molar-refractivity contribution is 5.80. The lowest BCUT2D eigenvalue weighted by Gasteiger charge is -2.40. The second-order valence-corrected chi connectivity index (χ2v) is 6.12. The molecule has 1 rings (SSSR count). The van der Waals surface area contributed by atoms with E-state index >= 15 is 0 Å². The number of hydrogen-bond acceptors (Lipinski definition) is 2. The summed E-state index contributed by atoms with van der Waals surface area (Å²) in [5, 5.41) is 19.2. The fourth-order valence-corrected chi connectivity index (χ4v) is 3.06. The van der Waals surface area contributed by atoms with Crippen LogP contribution in [-0.4, -0.2) is 21.8 Å². The number of carboxylic acids is 1. The molecule has 96 valence electrons. The molecule has 0 radical (unpaired) electrons. The highest BCUT2D eigenvalue weighted by Crippen LogP contribution is 2.42. The Morgan fingerprint density at radius 1 is 1.53 bits per heavy atom. The minimum atomic E-state index is -0.957. The fourth-order valence-electron chi connectivity index (χ4n) is 3.06. The summed E-state index contributed by atoms with van der Waals surface area (Å²) in [6, 6.07) is 0. The first kappa shape index (κ1) is 14.0. The maximum Gasteiger partial charge on any atom is 0.328 e. The molecule has 1 aliphatic rings. The normalized spacial score (nSPS) is 28.8. The van der Waals surface area contributed by atoms with Crippen LogP contribution in [0.3, 0.4) is 0 Å². The number of rotatable bonds is 3. The second kappa shape index (κ2) is 4.65. The molecule has 0 saturated carbocycles. The van der Waals surface area contributed by atoms with Crippen molar-refractivity contribution in [3.8, 4) is 0 Å². The Morgan fingerprint density at radius 2 is 2.12 bits per heavy atom. The standard InChI is InChI=1S/C14H22O3/c1-10(5-12(15)16)7-14(17)8-11(2)6-13(3,4)9-14/h5,8,17H,6-7,9H2,1-4H3,(H,15,16)/b10-5+. The van der Waals surface area contributed by atoms with Gasteiger partial charge >= 0.3 is 5.97 Å². The number of carbonyl (C=O) groups is 1. The first-order valence-corrected chi connectivity index (χ1v) is 5.93. The number of aliphatic hydroxyl groups is 1. The van der Waals surface area contributed by atoms with E-state index in [2.05, 4.69) is 13.8 Å². The highest BCUT2D eigenvalue weighted by Gasteiger charge is 2.37. The molecule has 0 bridgehead atoms. The van der Waals surface area contributed by atoms with Crippen LogP contribution in [-0.2, 0) is 4.79 Å². The van der Waals surface area contributed by atoms with Gasteiger partial charge in [-0.2, -0.15) is 0 Å². The van der Waals surface area contributed by atoms with Crippen molar-refractivity contribution in [2.24, 2.45) is 5.41 Å². The summed E-state index contributed by atoms with van der Waals surface area (Å²) in [6.07, 6.45) is 5.10. The zero-order valence-corrected chi connectivity index (χ0v) is 11.1. The zero-order valence-electron chi connectivity index (χ0n) is 11.1. The molecule has 17 heavy (non-hydrogen) atoms. The van der Waals surface area contributed by atoms with E-state index in [1.165, 1.54) is 11.6 Å². The van der Waals surface area contributed by atoms with Crippen molar-refractivity contribution < 1.29 is 15.0 Å². The summed E-state index contributed by atoms with van der Waals surface area (Å²) in [7, 11) is 0. The third kappa shape index (κ3) is 4.35. The zero-order chi connectivity index (χ0) is 13.3. The molecule has 3 nitrogen and oxygen atoms in total. The Labute approximate surface area is 103 Å². The lowest BCUT2D eigenvalue weighted by atomic mass is 9.69.